The summed E-state index contributed by atoms with van der Waals surface area (Å²) in [5.74, 6) is 1.03. The fourth-order valence-corrected chi connectivity index (χ4v) is 3.83. The number of unbranched alkanes of at least 4 members (excludes halogenated alkanes) is 9. The predicted octanol–water partition coefficient (Wildman–Crippen LogP) is 6.19. The van der Waals surface area contributed by atoms with Crippen molar-refractivity contribution in [2.75, 3.05) is 6.54 Å². The minimum atomic E-state index is -0.0372. The Bertz CT molecular complexity index is 748. The Morgan fingerprint density at radius 1 is 1.00 bits per heavy atom. The van der Waals surface area contributed by atoms with Crippen LogP contribution in [0.25, 0.3) is 11.0 Å². The Morgan fingerprint density at radius 3 is 2.34 bits per heavy atom. The van der Waals surface area contributed by atoms with Crippen molar-refractivity contribution < 1.29 is 4.79 Å². The molecule has 2 aromatic rings. The van der Waals surface area contributed by atoms with Gasteiger partial charge in [0.15, 0.2) is 0 Å². The highest BCUT2D eigenvalue weighted by molar-refractivity contribution is 5.87. The largest absolute Gasteiger partial charge is 0.352 e. The molecule has 0 bridgehead atoms. The van der Waals surface area contributed by atoms with Gasteiger partial charge in [0.2, 0.25) is 5.91 Å². The molecule has 0 radical (unpaired) electrons. The van der Waals surface area contributed by atoms with E-state index in [1.807, 2.05) is 13.0 Å². The number of hydrogen-bond donors (Lipinski definition) is 1. The fourth-order valence-electron chi connectivity index (χ4n) is 3.83. The zero-order valence-electron chi connectivity index (χ0n) is 18.5. The molecule has 0 atom stereocenters. The van der Waals surface area contributed by atoms with Gasteiger partial charge in [0.25, 0.3) is 0 Å². The summed E-state index contributed by atoms with van der Waals surface area (Å²) in [5.41, 5.74) is 2.26. The first-order valence-electron chi connectivity index (χ1n) is 11.6. The lowest BCUT2D eigenvalue weighted by atomic mass is 10.1. The summed E-state index contributed by atoms with van der Waals surface area (Å²) in [4.78, 5) is 16.4. The number of fused-ring (bicyclic) bond motifs is 1. The third-order valence-electron chi connectivity index (χ3n) is 5.43. The molecule has 1 aromatic carbocycles. The van der Waals surface area contributed by atoms with E-state index in [-0.39, 0.29) is 5.91 Å². The summed E-state index contributed by atoms with van der Waals surface area (Å²) in [6.45, 7) is 5.75. The van der Waals surface area contributed by atoms with Crippen LogP contribution in [0.2, 0.25) is 0 Å². The first kappa shape index (κ1) is 23.2. The molecule has 1 aromatic heterocycles. The number of allylic oxidation sites excluding steroid dienone is 1. The minimum absolute atomic E-state index is 0.0372. The third-order valence-corrected chi connectivity index (χ3v) is 5.43. The number of carbonyl (C=O) groups is 1. The fraction of sp³-hybridized carbons (Fsp3) is 0.600. The van der Waals surface area contributed by atoms with Crippen LogP contribution in [0.4, 0.5) is 0 Å². The van der Waals surface area contributed by atoms with E-state index in [9.17, 15) is 4.79 Å². The lowest BCUT2D eigenvalue weighted by Crippen LogP contribution is -2.24. The second-order valence-electron chi connectivity index (χ2n) is 7.89. The van der Waals surface area contributed by atoms with E-state index < -0.39 is 0 Å². The molecule has 0 spiro atoms. The molecule has 0 fully saturated rings. The maximum atomic E-state index is 11.6. The number of aryl methyl sites for hydroxylation is 1. The lowest BCUT2D eigenvalue weighted by Gasteiger charge is -2.10. The smallest absolute Gasteiger partial charge is 0.243 e. The highest BCUT2D eigenvalue weighted by Gasteiger charge is 2.10. The molecule has 4 nitrogen and oxygen atoms in total. The van der Waals surface area contributed by atoms with E-state index in [4.69, 9.17) is 4.98 Å². The van der Waals surface area contributed by atoms with Gasteiger partial charge >= 0.3 is 0 Å². The van der Waals surface area contributed by atoms with Crippen LogP contribution in [0.1, 0.15) is 83.9 Å². The molecular formula is C25H39N3O. The highest BCUT2D eigenvalue weighted by atomic mass is 16.1. The number of amides is 1. The number of nitrogens with zero attached hydrogens (tertiary/aromatic N) is 2. The molecule has 1 amide bonds. The van der Waals surface area contributed by atoms with Crippen LogP contribution in [0.3, 0.4) is 0 Å². The zero-order valence-corrected chi connectivity index (χ0v) is 18.5. The summed E-state index contributed by atoms with van der Waals surface area (Å²) in [6, 6.07) is 8.35. The quantitative estimate of drug-likeness (QED) is 0.288. The average molecular weight is 398 g/mol. The first-order chi connectivity index (χ1) is 14.3. The standard InChI is InChI=1S/C25H39N3O/c1-3-5-6-7-8-9-10-11-12-15-21-28-23-18-14-13-17-22(23)27-24(28)19-20-26-25(29)16-4-2/h4,13-14,16-18H,3,5-12,15,19-21H2,1-2H3,(H,26,29)/b16-4+. The molecule has 0 aliphatic heterocycles. The first-order valence-corrected chi connectivity index (χ1v) is 11.6. The Balaban J connectivity index is 1.77. The normalized spacial score (nSPS) is 11.5. The summed E-state index contributed by atoms with van der Waals surface area (Å²) in [6.07, 6.45) is 17.5. The van der Waals surface area contributed by atoms with Gasteiger partial charge < -0.3 is 9.88 Å². The molecule has 160 valence electrons. The monoisotopic (exact) mass is 397 g/mol. The van der Waals surface area contributed by atoms with Gasteiger partial charge in [-0.25, -0.2) is 4.98 Å². The number of nitrogens with one attached hydrogen (secondary N) is 1. The lowest BCUT2D eigenvalue weighted by molar-refractivity contribution is -0.116. The maximum Gasteiger partial charge on any atom is 0.243 e. The topological polar surface area (TPSA) is 46.9 Å². The second-order valence-corrected chi connectivity index (χ2v) is 7.89. The van der Waals surface area contributed by atoms with Gasteiger partial charge in [-0.3, -0.25) is 4.79 Å². The zero-order chi connectivity index (χ0) is 20.7. The van der Waals surface area contributed by atoms with Gasteiger partial charge in [0.05, 0.1) is 11.0 Å². The summed E-state index contributed by atoms with van der Waals surface area (Å²) in [5, 5.41) is 2.93. The van der Waals surface area contributed by atoms with Gasteiger partial charge in [-0.1, -0.05) is 82.9 Å². The Kier molecular flexibility index (Phi) is 11.2. The number of benzene rings is 1. The SMILES string of the molecule is C/C=C/C(=O)NCCc1nc2ccccc2n1CCCCCCCCCCCC. The van der Waals surface area contributed by atoms with Gasteiger partial charge in [0, 0.05) is 19.5 Å². The van der Waals surface area contributed by atoms with E-state index in [0.717, 1.165) is 24.3 Å². The molecular weight excluding hydrogens is 358 g/mol. The number of carbonyl (C=O) groups excluding carboxylic acids is 1. The van der Waals surface area contributed by atoms with Crippen molar-refractivity contribution in [2.24, 2.45) is 0 Å². The maximum absolute atomic E-state index is 11.6. The summed E-state index contributed by atoms with van der Waals surface area (Å²) >= 11 is 0. The number of rotatable bonds is 15. The van der Waals surface area contributed by atoms with Crippen LogP contribution in [0, 0.1) is 0 Å². The molecule has 0 saturated carbocycles. The van der Waals surface area contributed by atoms with Crippen LogP contribution >= 0.6 is 0 Å². The number of imidazole rings is 1. The van der Waals surface area contributed by atoms with Crippen molar-refractivity contribution >= 4 is 16.9 Å². The number of aromatic nitrogens is 2. The van der Waals surface area contributed by atoms with Crippen LogP contribution in [-0.2, 0) is 17.8 Å². The molecule has 0 unspecified atom stereocenters. The number of para-hydroxylation sites is 2. The van der Waals surface area contributed by atoms with Crippen molar-refractivity contribution in [1.82, 2.24) is 14.9 Å². The van der Waals surface area contributed by atoms with Gasteiger partial charge in [0.1, 0.15) is 5.82 Å². The predicted molar refractivity (Wildman–Crippen MR) is 123 cm³/mol. The van der Waals surface area contributed by atoms with Crippen LogP contribution in [0.15, 0.2) is 36.4 Å². The van der Waals surface area contributed by atoms with Crippen molar-refractivity contribution in [3.63, 3.8) is 0 Å². The minimum Gasteiger partial charge on any atom is -0.352 e. The second kappa shape index (κ2) is 14.0. The van der Waals surface area contributed by atoms with E-state index >= 15 is 0 Å². The molecule has 0 saturated heterocycles. The van der Waals surface area contributed by atoms with Crippen molar-refractivity contribution in [3.8, 4) is 0 Å². The van der Waals surface area contributed by atoms with Gasteiger partial charge in [-0.2, -0.15) is 0 Å². The Morgan fingerprint density at radius 2 is 1.66 bits per heavy atom. The molecule has 2 rings (SSSR count). The average Bonchev–Trinajstić information content (AvgIpc) is 3.07. The van der Waals surface area contributed by atoms with Gasteiger partial charge in [-0.15, -0.1) is 0 Å². The number of hydrogen-bond acceptors (Lipinski definition) is 2. The van der Waals surface area contributed by atoms with E-state index in [2.05, 4.69) is 35.0 Å². The third kappa shape index (κ3) is 8.43. The van der Waals surface area contributed by atoms with Crippen LogP contribution in [-0.4, -0.2) is 22.0 Å². The molecule has 29 heavy (non-hydrogen) atoms. The Hall–Kier alpha value is -2.10. The molecule has 1 heterocycles. The van der Waals surface area contributed by atoms with Crippen molar-refractivity contribution in [1.29, 1.82) is 0 Å². The van der Waals surface area contributed by atoms with Crippen molar-refractivity contribution in [3.05, 3.63) is 42.2 Å². The van der Waals surface area contributed by atoms with E-state index in [1.165, 1.54) is 69.7 Å². The van der Waals surface area contributed by atoms with Crippen LogP contribution in [0.5, 0.6) is 0 Å². The van der Waals surface area contributed by atoms with Gasteiger partial charge in [-0.05, 0) is 31.6 Å². The highest BCUT2D eigenvalue weighted by Crippen LogP contribution is 2.18. The molecule has 0 aliphatic rings. The molecule has 1 N–H and O–H groups in total. The summed E-state index contributed by atoms with van der Waals surface area (Å²) in [7, 11) is 0. The molecule has 0 aliphatic carbocycles. The molecule has 4 heteroatoms. The van der Waals surface area contributed by atoms with Crippen LogP contribution < -0.4 is 5.32 Å². The van der Waals surface area contributed by atoms with E-state index in [0.29, 0.717) is 6.54 Å². The Labute approximate surface area is 176 Å². The van der Waals surface area contributed by atoms with E-state index in [1.54, 1.807) is 12.2 Å². The van der Waals surface area contributed by atoms with Crippen molar-refractivity contribution in [2.45, 2.75) is 91.0 Å². The summed E-state index contributed by atoms with van der Waals surface area (Å²) < 4.78 is 2.35.